The first kappa shape index (κ1) is 11.7. The molecule has 0 radical (unpaired) electrons. The lowest BCUT2D eigenvalue weighted by molar-refractivity contribution is 0.100. The monoisotopic (exact) mass is 250 g/mol. The first-order valence-corrected chi connectivity index (χ1v) is 6.14. The fraction of sp³-hybridized carbons (Fsp3) is 0.273. The number of hydrogen-bond acceptors (Lipinski definition) is 4. The second kappa shape index (κ2) is 5.01. The predicted octanol–water partition coefficient (Wildman–Crippen LogP) is 1.24. The highest BCUT2D eigenvalue weighted by Gasteiger charge is 2.11. The van der Waals surface area contributed by atoms with Gasteiger partial charge >= 0.3 is 0 Å². The average molecular weight is 250 g/mol. The molecule has 2 heterocycles. The smallest absolute Gasteiger partial charge is 0.254 e. The SMILES string of the molecule is Cn1cc(C(N)=O)c(NCCc2cccs2)n1. The zero-order chi connectivity index (χ0) is 12.3. The predicted molar refractivity (Wildman–Crippen MR) is 68.2 cm³/mol. The van der Waals surface area contributed by atoms with Crippen molar-refractivity contribution in [1.82, 2.24) is 9.78 Å². The number of rotatable bonds is 5. The van der Waals surface area contributed by atoms with Crippen LogP contribution in [0.1, 0.15) is 15.2 Å². The quantitative estimate of drug-likeness (QED) is 0.838. The molecule has 0 aliphatic heterocycles. The van der Waals surface area contributed by atoms with Crippen molar-refractivity contribution in [1.29, 1.82) is 0 Å². The van der Waals surface area contributed by atoms with Crippen molar-refractivity contribution in [3.05, 3.63) is 34.2 Å². The molecule has 0 atom stereocenters. The van der Waals surface area contributed by atoms with Crippen LogP contribution in [0.25, 0.3) is 0 Å². The molecule has 2 aromatic rings. The van der Waals surface area contributed by atoms with Gasteiger partial charge in [-0.05, 0) is 17.9 Å². The Bertz CT molecular complexity index is 504. The molecule has 0 bridgehead atoms. The summed E-state index contributed by atoms with van der Waals surface area (Å²) in [6.45, 7) is 0.734. The lowest BCUT2D eigenvalue weighted by Gasteiger charge is -2.02. The van der Waals surface area contributed by atoms with Crippen molar-refractivity contribution in [3.63, 3.8) is 0 Å². The molecular weight excluding hydrogens is 236 g/mol. The van der Waals surface area contributed by atoms with Gasteiger partial charge in [0, 0.05) is 24.7 Å². The number of primary amides is 1. The third-order valence-corrected chi connectivity index (χ3v) is 3.27. The number of aromatic nitrogens is 2. The molecule has 5 nitrogen and oxygen atoms in total. The van der Waals surface area contributed by atoms with E-state index in [0.29, 0.717) is 11.4 Å². The maximum atomic E-state index is 11.2. The van der Waals surface area contributed by atoms with E-state index in [-0.39, 0.29) is 0 Å². The molecule has 2 aromatic heterocycles. The summed E-state index contributed by atoms with van der Waals surface area (Å²) in [5, 5.41) is 9.33. The highest BCUT2D eigenvalue weighted by molar-refractivity contribution is 7.09. The van der Waals surface area contributed by atoms with Gasteiger partial charge in [-0.2, -0.15) is 5.10 Å². The van der Waals surface area contributed by atoms with Crippen LogP contribution in [-0.2, 0) is 13.5 Å². The Hall–Kier alpha value is -1.82. The molecule has 1 amide bonds. The van der Waals surface area contributed by atoms with E-state index < -0.39 is 5.91 Å². The molecule has 0 spiro atoms. The third kappa shape index (κ3) is 2.85. The van der Waals surface area contributed by atoms with Gasteiger partial charge in [0.1, 0.15) is 5.56 Å². The van der Waals surface area contributed by atoms with Gasteiger partial charge < -0.3 is 11.1 Å². The fourth-order valence-corrected chi connectivity index (χ4v) is 2.27. The highest BCUT2D eigenvalue weighted by Crippen LogP contribution is 2.13. The molecule has 0 saturated heterocycles. The van der Waals surface area contributed by atoms with E-state index in [1.807, 2.05) is 11.4 Å². The molecule has 6 heteroatoms. The largest absolute Gasteiger partial charge is 0.368 e. The summed E-state index contributed by atoms with van der Waals surface area (Å²) in [7, 11) is 1.76. The number of carbonyl (C=O) groups excluding carboxylic acids is 1. The number of carbonyl (C=O) groups is 1. The van der Waals surface area contributed by atoms with E-state index in [1.165, 1.54) is 4.88 Å². The Morgan fingerprint density at radius 1 is 1.65 bits per heavy atom. The molecule has 0 aliphatic carbocycles. The van der Waals surface area contributed by atoms with Crippen LogP contribution in [0.2, 0.25) is 0 Å². The molecule has 3 N–H and O–H groups in total. The summed E-state index contributed by atoms with van der Waals surface area (Å²) in [4.78, 5) is 12.5. The van der Waals surface area contributed by atoms with E-state index in [2.05, 4.69) is 16.5 Å². The van der Waals surface area contributed by atoms with Crippen LogP contribution in [-0.4, -0.2) is 22.2 Å². The summed E-state index contributed by atoms with van der Waals surface area (Å²) in [5.41, 5.74) is 5.69. The number of nitrogens with zero attached hydrogens (tertiary/aromatic N) is 2. The van der Waals surface area contributed by atoms with Crippen LogP contribution < -0.4 is 11.1 Å². The van der Waals surface area contributed by atoms with Gasteiger partial charge in [0.05, 0.1) is 0 Å². The minimum atomic E-state index is -0.461. The number of aryl methyl sites for hydroxylation is 1. The number of hydrogen-bond donors (Lipinski definition) is 2. The molecule has 0 aliphatic rings. The number of amides is 1. The Morgan fingerprint density at radius 2 is 2.47 bits per heavy atom. The first-order chi connectivity index (χ1) is 8.16. The number of nitrogens with two attached hydrogens (primary N) is 1. The number of nitrogens with one attached hydrogen (secondary N) is 1. The van der Waals surface area contributed by atoms with Crippen molar-refractivity contribution in [2.45, 2.75) is 6.42 Å². The summed E-state index contributed by atoms with van der Waals surface area (Å²) < 4.78 is 1.58. The molecule has 0 aromatic carbocycles. The molecule has 2 rings (SSSR count). The zero-order valence-electron chi connectivity index (χ0n) is 9.51. The summed E-state index contributed by atoms with van der Waals surface area (Å²) >= 11 is 1.72. The van der Waals surface area contributed by atoms with E-state index >= 15 is 0 Å². The second-order valence-electron chi connectivity index (χ2n) is 3.69. The van der Waals surface area contributed by atoms with E-state index in [9.17, 15) is 4.79 Å². The normalized spacial score (nSPS) is 10.4. The van der Waals surface area contributed by atoms with Crippen LogP contribution in [0.5, 0.6) is 0 Å². The summed E-state index contributed by atoms with van der Waals surface area (Å²) in [6, 6.07) is 4.11. The standard InChI is InChI=1S/C11H14N4OS/c1-15-7-9(10(12)16)11(14-15)13-5-4-8-3-2-6-17-8/h2-3,6-7H,4-5H2,1H3,(H2,12,16)(H,13,14). The minimum absolute atomic E-state index is 0.429. The van der Waals surface area contributed by atoms with Crippen molar-refractivity contribution in [2.24, 2.45) is 12.8 Å². The lowest BCUT2D eigenvalue weighted by atomic mass is 10.3. The van der Waals surface area contributed by atoms with Gasteiger partial charge in [0.25, 0.3) is 5.91 Å². The Labute approximate surface area is 103 Å². The van der Waals surface area contributed by atoms with Gasteiger partial charge in [0.2, 0.25) is 0 Å². The molecule has 90 valence electrons. The maximum absolute atomic E-state index is 11.2. The first-order valence-electron chi connectivity index (χ1n) is 5.26. The van der Waals surface area contributed by atoms with Crippen LogP contribution in [0, 0.1) is 0 Å². The van der Waals surface area contributed by atoms with Gasteiger partial charge in [-0.3, -0.25) is 9.48 Å². The van der Waals surface area contributed by atoms with Crippen LogP contribution in [0.15, 0.2) is 23.7 Å². The molecule has 0 fully saturated rings. The van der Waals surface area contributed by atoms with Crippen LogP contribution in [0.4, 0.5) is 5.82 Å². The summed E-state index contributed by atoms with van der Waals surface area (Å²) in [5.74, 6) is 0.0910. The Balaban J connectivity index is 1.96. The molecule has 0 saturated carbocycles. The highest BCUT2D eigenvalue weighted by atomic mass is 32.1. The van der Waals surface area contributed by atoms with Gasteiger partial charge in [-0.25, -0.2) is 0 Å². The molecule has 0 unspecified atom stereocenters. The lowest BCUT2D eigenvalue weighted by Crippen LogP contribution is -2.14. The van der Waals surface area contributed by atoms with Crippen molar-refractivity contribution in [2.75, 3.05) is 11.9 Å². The number of thiophene rings is 1. The maximum Gasteiger partial charge on any atom is 0.254 e. The minimum Gasteiger partial charge on any atom is -0.368 e. The third-order valence-electron chi connectivity index (χ3n) is 2.34. The van der Waals surface area contributed by atoms with Crippen LogP contribution >= 0.6 is 11.3 Å². The fourth-order valence-electron chi connectivity index (χ4n) is 1.56. The van der Waals surface area contributed by atoms with E-state index in [0.717, 1.165) is 13.0 Å². The second-order valence-corrected chi connectivity index (χ2v) is 4.72. The Kier molecular flexibility index (Phi) is 3.43. The van der Waals surface area contributed by atoms with E-state index in [4.69, 9.17) is 5.73 Å². The van der Waals surface area contributed by atoms with Crippen molar-refractivity contribution >= 4 is 23.1 Å². The summed E-state index contributed by atoms with van der Waals surface area (Å²) in [6.07, 6.45) is 2.53. The zero-order valence-corrected chi connectivity index (χ0v) is 10.3. The average Bonchev–Trinajstić information content (AvgIpc) is 2.88. The van der Waals surface area contributed by atoms with Crippen molar-refractivity contribution in [3.8, 4) is 0 Å². The van der Waals surface area contributed by atoms with Gasteiger partial charge in [-0.15, -0.1) is 11.3 Å². The Morgan fingerprint density at radius 3 is 3.12 bits per heavy atom. The van der Waals surface area contributed by atoms with Crippen molar-refractivity contribution < 1.29 is 4.79 Å². The molecular formula is C11H14N4OS. The van der Waals surface area contributed by atoms with Gasteiger partial charge in [-0.1, -0.05) is 6.07 Å². The topological polar surface area (TPSA) is 72.9 Å². The number of anilines is 1. The van der Waals surface area contributed by atoms with Crippen LogP contribution in [0.3, 0.4) is 0 Å². The molecule has 17 heavy (non-hydrogen) atoms. The van der Waals surface area contributed by atoms with Gasteiger partial charge in [0.15, 0.2) is 5.82 Å². The van der Waals surface area contributed by atoms with E-state index in [1.54, 1.807) is 29.3 Å².